The topological polar surface area (TPSA) is 227 Å². The Labute approximate surface area is 370 Å². The predicted molar refractivity (Wildman–Crippen MR) is 240 cm³/mol. The van der Waals surface area contributed by atoms with E-state index in [1.807, 2.05) is 24.3 Å². The number of phosphoric acid groups is 1. The average Bonchev–Trinajstić information content (AvgIpc) is 3.25. The van der Waals surface area contributed by atoms with Gasteiger partial charge in [-0.1, -0.05) is 126 Å². The van der Waals surface area contributed by atoms with Crippen molar-refractivity contribution in [3.05, 3.63) is 72.9 Å². The lowest BCUT2D eigenvalue weighted by Gasteiger charge is -2.41. The highest BCUT2D eigenvalue weighted by Crippen LogP contribution is 2.47. The second-order valence-corrected chi connectivity index (χ2v) is 17.0. The van der Waals surface area contributed by atoms with Crippen molar-refractivity contribution in [1.29, 1.82) is 0 Å². The number of ether oxygens (including phenoxy) is 2. The van der Waals surface area contributed by atoms with E-state index in [-0.39, 0.29) is 18.6 Å². The summed E-state index contributed by atoms with van der Waals surface area (Å²) in [5.41, 5.74) is 0. The molecule has 1 aliphatic rings. The molecular weight excluding hydrogens is 819 g/mol. The molecule has 15 heteroatoms. The molecule has 62 heavy (non-hydrogen) atoms. The van der Waals surface area contributed by atoms with E-state index in [4.69, 9.17) is 18.5 Å². The highest BCUT2D eigenvalue weighted by molar-refractivity contribution is 7.47. The quantitative estimate of drug-likeness (QED) is 0.00878. The Hall–Kier alpha value is -3.04. The van der Waals surface area contributed by atoms with E-state index in [1.165, 1.54) is 19.3 Å². The van der Waals surface area contributed by atoms with Crippen molar-refractivity contribution >= 4 is 25.5 Å². The fourth-order valence-electron chi connectivity index (χ4n) is 6.26. The first-order valence-electron chi connectivity index (χ1n) is 22.7. The lowest BCUT2D eigenvalue weighted by Crippen LogP contribution is -2.64. The molecule has 0 spiro atoms. The van der Waals surface area contributed by atoms with Gasteiger partial charge in [-0.3, -0.25) is 23.4 Å². The number of rotatable bonds is 36. The van der Waals surface area contributed by atoms with E-state index in [1.54, 1.807) is 12.2 Å². The number of hydrogen-bond donors (Lipinski definition) is 6. The number of aliphatic hydroxyl groups excluding tert-OH is 5. The van der Waals surface area contributed by atoms with Crippen molar-refractivity contribution in [2.45, 2.75) is 191 Å². The first kappa shape index (κ1) is 57.0. The third-order valence-electron chi connectivity index (χ3n) is 10.00. The molecule has 14 nitrogen and oxygen atoms in total. The van der Waals surface area contributed by atoms with Crippen molar-refractivity contribution in [2.24, 2.45) is 0 Å². The van der Waals surface area contributed by atoms with E-state index in [2.05, 4.69) is 50.3 Å². The molecule has 1 rings (SSSR count). The first-order chi connectivity index (χ1) is 29.8. The van der Waals surface area contributed by atoms with Gasteiger partial charge < -0.3 is 39.9 Å². The number of allylic oxidation sites excluding steroid dienone is 12. The van der Waals surface area contributed by atoms with E-state index < -0.39 is 75.7 Å². The van der Waals surface area contributed by atoms with Crippen LogP contribution in [0.4, 0.5) is 0 Å². The van der Waals surface area contributed by atoms with Crippen LogP contribution in [0.15, 0.2) is 72.9 Å². The maximum atomic E-state index is 12.8. The number of unbranched alkanes of at least 4 members (excludes halogenated alkanes) is 11. The monoisotopic (exact) mass is 897 g/mol. The van der Waals surface area contributed by atoms with Gasteiger partial charge in [0.25, 0.3) is 0 Å². The third kappa shape index (κ3) is 28.6. The standard InChI is InChI=1S/C47H77O14P/c1-3-5-7-8-9-10-11-12-13-14-15-16-17-20-23-26-30-34-40(49)58-36-39(37-59-62(56,57)61-47-45(54)43(52)42(51)44(53)46(47)55)60-41(50)35-31-27-24-21-18-19-22-25-29-33-38(48)32-28-6-4-2/h9-10,12-13,15-16,20,22-23,25,29,33,39,42-47,51-55H,3-8,11,14,17-19,21,24,26-28,30-32,34-37H2,1-2H3,(H,56,57)/b10-9-,13-12-,16-15-,23-20-,25-22-,33-29+/t39-,42?,43-,44+,45-,46-,47?/m1/s1. The van der Waals surface area contributed by atoms with Crippen LogP contribution in [0.3, 0.4) is 0 Å². The van der Waals surface area contributed by atoms with E-state index in [0.29, 0.717) is 25.7 Å². The minimum absolute atomic E-state index is 0.0301. The molecule has 354 valence electrons. The van der Waals surface area contributed by atoms with Gasteiger partial charge in [0.1, 0.15) is 43.2 Å². The molecule has 0 aromatic rings. The summed E-state index contributed by atoms with van der Waals surface area (Å²) in [6.45, 7) is 3.02. The van der Waals surface area contributed by atoms with Crippen LogP contribution in [0.5, 0.6) is 0 Å². The van der Waals surface area contributed by atoms with Gasteiger partial charge in [0.15, 0.2) is 11.9 Å². The average molecular weight is 897 g/mol. The van der Waals surface area contributed by atoms with E-state index >= 15 is 0 Å². The van der Waals surface area contributed by atoms with E-state index in [9.17, 15) is 49.4 Å². The molecule has 1 aliphatic carbocycles. The van der Waals surface area contributed by atoms with Crippen LogP contribution in [-0.4, -0.2) is 104 Å². The zero-order valence-corrected chi connectivity index (χ0v) is 38.0. The Morgan fingerprint density at radius 1 is 0.548 bits per heavy atom. The molecule has 0 heterocycles. The minimum Gasteiger partial charge on any atom is -0.462 e. The summed E-state index contributed by atoms with van der Waals surface area (Å²) in [6, 6.07) is 0. The van der Waals surface area contributed by atoms with Gasteiger partial charge in [-0.25, -0.2) is 4.57 Å². The van der Waals surface area contributed by atoms with Gasteiger partial charge in [0, 0.05) is 19.3 Å². The fourth-order valence-corrected chi connectivity index (χ4v) is 7.23. The summed E-state index contributed by atoms with van der Waals surface area (Å²) in [4.78, 5) is 47.4. The molecule has 0 radical (unpaired) electrons. The van der Waals surface area contributed by atoms with Crippen LogP contribution in [-0.2, 0) is 37.5 Å². The minimum atomic E-state index is -5.15. The van der Waals surface area contributed by atoms with Gasteiger partial charge >= 0.3 is 19.8 Å². The molecule has 3 unspecified atom stereocenters. The molecule has 1 saturated carbocycles. The van der Waals surface area contributed by atoms with Crippen molar-refractivity contribution in [2.75, 3.05) is 13.2 Å². The van der Waals surface area contributed by atoms with Crippen LogP contribution < -0.4 is 0 Å². The van der Waals surface area contributed by atoms with Gasteiger partial charge in [-0.15, -0.1) is 0 Å². The predicted octanol–water partition coefficient (Wildman–Crippen LogP) is 7.90. The summed E-state index contributed by atoms with van der Waals surface area (Å²) in [7, 11) is -5.15. The van der Waals surface area contributed by atoms with Crippen LogP contribution in [0.2, 0.25) is 0 Å². The summed E-state index contributed by atoms with van der Waals surface area (Å²) in [5, 5.41) is 50.1. The number of aliphatic hydroxyl groups is 5. The summed E-state index contributed by atoms with van der Waals surface area (Å²) >= 11 is 0. The Morgan fingerprint density at radius 3 is 1.66 bits per heavy atom. The highest BCUT2D eigenvalue weighted by Gasteiger charge is 2.51. The van der Waals surface area contributed by atoms with Crippen LogP contribution in [0, 0.1) is 0 Å². The second kappa shape index (κ2) is 36.3. The Bertz CT molecular complexity index is 1420. The van der Waals surface area contributed by atoms with Gasteiger partial charge in [-0.05, 0) is 76.7 Å². The van der Waals surface area contributed by atoms with Gasteiger partial charge in [0.2, 0.25) is 0 Å². The van der Waals surface area contributed by atoms with Crippen LogP contribution >= 0.6 is 7.82 Å². The molecule has 1 fully saturated rings. The number of phosphoric ester groups is 1. The zero-order chi connectivity index (χ0) is 45.9. The fraction of sp³-hybridized carbons (Fsp3) is 0.681. The number of ketones is 1. The molecular formula is C47H77O14P. The van der Waals surface area contributed by atoms with Crippen LogP contribution in [0.1, 0.15) is 149 Å². The molecule has 0 aromatic heterocycles. The van der Waals surface area contributed by atoms with Gasteiger partial charge in [-0.2, -0.15) is 0 Å². The highest BCUT2D eigenvalue weighted by atomic mass is 31.2. The number of carbonyl (C=O) groups excluding carboxylic acids is 3. The van der Waals surface area contributed by atoms with Gasteiger partial charge in [0.05, 0.1) is 6.61 Å². The SMILES string of the molecule is CCCCC/C=C\C/C=C\C/C=C\C/C=C\CCCC(=O)OC[C@H](COP(=O)(O)OC1[C@H](O)[C@H](O)C(O)[C@H](O)[C@H]1O)OC(=O)CCCCCCC/C=C\C=C\C(=O)CCCCC. The molecule has 0 aliphatic heterocycles. The zero-order valence-electron chi connectivity index (χ0n) is 37.1. The first-order valence-corrected chi connectivity index (χ1v) is 24.2. The lowest BCUT2D eigenvalue weighted by molar-refractivity contribution is -0.220. The maximum Gasteiger partial charge on any atom is 0.472 e. The smallest absolute Gasteiger partial charge is 0.462 e. The summed E-state index contributed by atoms with van der Waals surface area (Å²) < 4.78 is 33.4. The second-order valence-electron chi connectivity index (χ2n) is 15.6. The molecule has 0 aromatic carbocycles. The Kier molecular flexibility index (Phi) is 33.4. The van der Waals surface area contributed by atoms with E-state index in [0.717, 1.165) is 77.0 Å². The summed E-state index contributed by atoms with van der Waals surface area (Å²) in [6.07, 6.45) is 28.0. The number of hydrogen-bond acceptors (Lipinski definition) is 13. The number of carbonyl (C=O) groups is 3. The summed E-state index contributed by atoms with van der Waals surface area (Å²) in [5.74, 6) is -1.10. The molecule has 0 saturated heterocycles. The maximum absolute atomic E-state index is 12.8. The van der Waals surface area contributed by atoms with Crippen molar-refractivity contribution in [1.82, 2.24) is 0 Å². The molecule has 6 N–H and O–H groups in total. The Balaban J connectivity index is 2.55. The van der Waals surface area contributed by atoms with Crippen LogP contribution in [0.25, 0.3) is 0 Å². The number of esters is 2. The largest absolute Gasteiger partial charge is 0.472 e. The lowest BCUT2D eigenvalue weighted by atomic mass is 9.85. The molecule has 8 atom stereocenters. The molecule has 0 amide bonds. The van der Waals surface area contributed by atoms with Crippen molar-refractivity contribution in [3.8, 4) is 0 Å². The Morgan fingerprint density at radius 2 is 1.03 bits per heavy atom. The normalized spacial score (nSPS) is 22.5. The third-order valence-corrected chi connectivity index (χ3v) is 11.0. The van der Waals surface area contributed by atoms with Crippen molar-refractivity contribution < 1.29 is 67.9 Å². The van der Waals surface area contributed by atoms with Crippen molar-refractivity contribution in [3.63, 3.8) is 0 Å². The molecule has 0 bridgehead atoms.